The molecule has 5 nitrogen and oxygen atoms in total. The minimum atomic E-state index is -0.0391. The predicted molar refractivity (Wildman–Crippen MR) is 76.7 cm³/mol. The largest absolute Gasteiger partial charge is 0.374 e. The second-order valence-electron chi connectivity index (χ2n) is 5.70. The molecule has 1 saturated carbocycles. The first-order valence-corrected chi connectivity index (χ1v) is 7.51. The number of amides is 1. The Labute approximate surface area is 124 Å². The smallest absolute Gasteiger partial charge is 0.272 e. The average Bonchev–Trinajstić information content (AvgIpc) is 2.53. The van der Waals surface area contributed by atoms with Crippen LogP contribution in [0.1, 0.15) is 47.4 Å². The highest BCUT2D eigenvalue weighted by atomic mass is 16.5. The maximum Gasteiger partial charge on any atom is 0.272 e. The fourth-order valence-corrected chi connectivity index (χ4v) is 3.29. The van der Waals surface area contributed by atoms with Crippen LogP contribution < -0.4 is 0 Å². The first-order valence-electron chi connectivity index (χ1n) is 7.51. The third kappa shape index (κ3) is 2.64. The van der Waals surface area contributed by atoms with Crippen molar-refractivity contribution in [2.75, 3.05) is 13.2 Å². The molecule has 0 radical (unpaired) electrons. The molecule has 0 aromatic carbocycles. The fourth-order valence-electron chi connectivity index (χ4n) is 3.29. The van der Waals surface area contributed by atoms with Gasteiger partial charge >= 0.3 is 0 Å². The molecule has 1 amide bonds. The number of pyridine rings is 1. The molecular weight excluding hydrogens is 266 g/mol. The molecular formula is C16H19N3O2. The van der Waals surface area contributed by atoms with E-state index in [-0.39, 0.29) is 18.1 Å². The summed E-state index contributed by atoms with van der Waals surface area (Å²) in [5.74, 6) is -0.0391. The van der Waals surface area contributed by atoms with Crippen molar-refractivity contribution in [1.29, 1.82) is 5.26 Å². The zero-order chi connectivity index (χ0) is 14.8. The van der Waals surface area contributed by atoms with Crippen LogP contribution in [0, 0.1) is 18.3 Å². The number of nitrogens with zero attached hydrogens (tertiary/aromatic N) is 3. The number of carbonyl (C=O) groups excluding carboxylic acids is 1. The Morgan fingerprint density at radius 2 is 2.24 bits per heavy atom. The number of hydrogen-bond acceptors (Lipinski definition) is 4. The Bertz CT molecular complexity index is 592. The molecule has 0 bridgehead atoms. The van der Waals surface area contributed by atoms with E-state index in [2.05, 4.69) is 11.1 Å². The van der Waals surface area contributed by atoms with E-state index < -0.39 is 0 Å². The van der Waals surface area contributed by atoms with Gasteiger partial charge < -0.3 is 9.64 Å². The lowest BCUT2D eigenvalue weighted by atomic mass is 9.90. The number of aryl methyl sites for hydroxylation is 1. The van der Waals surface area contributed by atoms with Crippen LogP contribution in [0.15, 0.2) is 12.1 Å². The summed E-state index contributed by atoms with van der Waals surface area (Å²) < 4.78 is 5.80. The first kappa shape index (κ1) is 14.0. The minimum Gasteiger partial charge on any atom is -0.374 e. The molecule has 1 saturated heterocycles. The van der Waals surface area contributed by atoms with Crippen molar-refractivity contribution in [2.24, 2.45) is 0 Å². The van der Waals surface area contributed by atoms with Gasteiger partial charge in [0.25, 0.3) is 5.91 Å². The summed E-state index contributed by atoms with van der Waals surface area (Å²) in [7, 11) is 0. The zero-order valence-corrected chi connectivity index (χ0v) is 12.2. The Balaban J connectivity index is 1.83. The van der Waals surface area contributed by atoms with Gasteiger partial charge in [-0.1, -0.05) is 12.8 Å². The van der Waals surface area contributed by atoms with E-state index in [9.17, 15) is 4.79 Å². The van der Waals surface area contributed by atoms with Gasteiger partial charge in [0.15, 0.2) is 0 Å². The molecule has 1 aromatic heterocycles. The van der Waals surface area contributed by atoms with Crippen LogP contribution in [0.25, 0.3) is 0 Å². The Morgan fingerprint density at radius 3 is 3.00 bits per heavy atom. The lowest BCUT2D eigenvalue weighted by Crippen LogP contribution is -2.55. The van der Waals surface area contributed by atoms with Gasteiger partial charge in [-0.15, -0.1) is 0 Å². The Morgan fingerprint density at radius 1 is 1.43 bits per heavy atom. The molecule has 2 aliphatic rings. The summed E-state index contributed by atoms with van der Waals surface area (Å²) in [4.78, 5) is 19.0. The monoisotopic (exact) mass is 285 g/mol. The van der Waals surface area contributed by atoms with Crippen LogP contribution in [0.4, 0.5) is 0 Å². The maximum atomic E-state index is 12.7. The molecule has 2 atom stereocenters. The van der Waals surface area contributed by atoms with E-state index in [1.807, 2.05) is 4.90 Å². The van der Waals surface area contributed by atoms with Crippen LogP contribution in [0.3, 0.4) is 0 Å². The topological polar surface area (TPSA) is 66.2 Å². The van der Waals surface area contributed by atoms with Crippen LogP contribution in [-0.2, 0) is 4.74 Å². The van der Waals surface area contributed by atoms with Crippen LogP contribution in [-0.4, -0.2) is 41.1 Å². The summed E-state index contributed by atoms with van der Waals surface area (Å²) in [6.07, 6.45) is 4.54. The molecule has 0 spiro atoms. The van der Waals surface area contributed by atoms with Crippen LogP contribution >= 0.6 is 0 Å². The third-order valence-corrected chi connectivity index (χ3v) is 4.42. The summed E-state index contributed by atoms with van der Waals surface area (Å²) in [6.45, 7) is 2.99. The van der Waals surface area contributed by atoms with Gasteiger partial charge in [0, 0.05) is 6.54 Å². The van der Waals surface area contributed by atoms with E-state index in [1.54, 1.807) is 19.1 Å². The van der Waals surface area contributed by atoms with Gasteiger partial charge in [-0.25, -0.2) is 4.98 Å². The van der Waals surface area contributed by atoms with Crippen molar-refractivity contribution in [3.8, 4) is 6.07 Å². The number of carbonyl (C=O) groups is 1. The minimum absolute atomic E-state index is 0.0391. The molecule has 0 N–H and O–H groups in total. The molecule has 1 aliphatic heterocycles. The van der Waals surface area contributed by atoms with Gasteiger partial charge in [0.2, 0.25) is 0 Å². The number of fused-ring (bicyclic) bond motifs is 1. The highest BCUT2D eigenvalue weighted by molar-refractivity contribution is 5.92. The molecule has 1 aliphatic carbocycles. The summed E-state index contributed by atoms with van der Waals surface area (Å²) >= 11 is 0. The van der Waals surface area contributed by atoms with Crippen molar-refractivity contribution in [1.82, 2.24) is 9.88 Å². The van der Waals surface area contributed by atoms with Gasteiger partial charge in [-0.3, -0.25) is 4.79 Å². The number of nitriles is 1. The van der Waals surface area contributed by atoms with Crippen molar-refractivity contribution < 1.29 is 9.53 Å². The van der Waals surface area contributed by atoms with E-state index in [0.717, 1.165) is 19.3 Å². The molecule has 1 aromatic rings. The summed E-state index contributed by atoms with van der Waals surface area (Å²) in [5, 5.41) is 8.95. The normalized spacial score (nSPS) is 25.0. The Hall–Kier alpha value is -1.93. The number of rotatable bonds is 1. The Kier molecular flexibility index (Phi) is 3.89. The number of morpholine rings is 1. The molecule has 21 heavy (non-hydrogen) atoms. The second-order valence-corrected chi connectivity index (χ2v) is 5.70. The quantitative estimate of drug-likeness (QED) is 0.792. The van der Waals surface area contributed by atoms with Crippen molar-refractivity contribution in [3.05, 3.63) is 29.1 Å². The predicted octanol–water partition coefficient (Wildman–Crippen LogP) is 2.05. The van der Waals surface area contributed by atoms with Gasteiger partial charge in [0.05, 0.1) is 30.0 Å². The van der Waals surface area contributed by atoms with Crippen LogP contribution in [0.5, 0.6) is 0 Å². The SMILES string of the molecule is Cc1nc(C(=O)N2CCO[C@H]3CCCC[C@H]32)ccc1C#N. The average molecular weight is 285 g/mol. The molecule has 0 unspecified atom stereocenters. The number of ether oxygens (including phenoxy) is 1. The van der Waals surface area contributed by atoms with Gasteiger partial charge in [-0.2, -0.15) is 5.26 Å². The third-order valence-electron chi connectivity index (χ3n) is 4.42. The lowest BCUT2D eigenvalue weighted by Gasteiger charge is -2.43. The fraction of sp³-hybridized carbons (Fsp3) is 0.562. The van der Waals surface area contributed by atoms with Gasteiger partial charge in [-0.05, 0) is 31.9 Å². The highest BCUT2D eigenvalue weighted by Gasteiger charge is 2.37. The van der Waals surface area contributed by atoms with Crippen molar-refractivity contribution in [3.63, 3.8) is 0 Å². The first-order chi connectivity index (χ1) is 10.2. The van der Waals surface area contributed by atoms with E-state index in [4.69, 9.17) is 10.00 Å². The van der Waals surface area contributed by atoms with E-state index in [0.29, 0.717) is 30.1 Å². The summed E-state index contributed by atoms with van der Waals surface area (Å²) in [5.41, 5.74) is 1.55. The lowest BCUT2D eigenvalue weighted by molar-refractivity contribution is -0.0754. The number of aromatic nitrogens is 1. The highest BCUT2D eigenvalue weighted by Crippen LogP contribution is 2.29. The molecule has 3 rings (SSSR count). The van der Waals surface area contributed by atoms with E-state index >= 15 is 0 Å². The molecule has 2 heterocycles. The molecule has 5 heteroatoms. The number of hydrogen-bond donors (Lipinski definition) is 0. The van der Waals surface area contributed by atoms with Crippen molar-refractivity contribution >= 4 is 5.91 Å². The van der Waals surface area contributed by atoms with E-state index in [1.165, 1.54) is 6.42 Å². The molecule has 2 fully saturated rings. The van der Waals surface area contributed by atoms with Gasteiger partial charge in [0.1, 0.15) is 11.8 Å². The zero-order valence-electron chi connectivity index (χ0n) is 12.2. The maximum absolute atomic E-state index is 12.7. The molecule has 110 valence electrons. The summed E-state index contributed by atoms with van der Waals surface area (Å²) in [6, 6.07) is 5.59. The second kappa shape index (κ2) is 5.82. The van der Waals surface area contributed by atoms with Crippen LogP contribution in [0.2, 0.25) is 0 Å². The standard InChI is InChI=1S/C16H19N3O2/c1-11-12(10-17)6-7-13(18-11)16(20)19-8-9-21-15-5-3-2-4-14(15)19/h6-7,14-15H,2-5,8-9H2,1H3/t14-,15+/m1/s1. The van der Waals surface area contributed by atoms with Crippen molar-refractivity contribution in [2.45, 2.75) is 44.8 Å².